The van der Waals surface area contributed by atoms with Gasteiger partial charge in [0, 0.05) is 11.5 Å². The van der Waals surface area contributed by atoms with Gasteiger partial charge in [-0.3, -0.25) is 5.10 Å². The van der Waals surface area contributed by atoms with Gasteiger partial charge in [-0.25, -0.2) is 0 Å². The molecule has 1 aliphatic rings. The Balaban J connectivity index is 1.65. The topological polar surface area (TPSA) is 46.0 Å². The van der Waals surface area contributed by atoms with E-state index in [4.69, 9.17) is 17.3 Å². The van der Waals surface area contributed by atoms with Gasteiger partial charge >= 0.3 is 0 Å². The van der Waals surface area contributed by atoms with Gasteiger partial charge in [0.2, 0.25) is 4.77 Å². The lowest BCUT2D eigenvalue weighted by Gasteiger charge is -2.19. The maximum atomic E-state index is 5.48. The van der Waals surface area contributed by atoms with Crippen LogP contribution in [-0.4, -0.2) is 21.1 Å². The predicted octanol–water partition coefficient (Wildman–Crippen LogP) is 6.18. The quantitative estimate of drug-likeness (QED) is 0.260. The third-order valence-electron chi connectivity index (χ3n) is 5.76. The molecule has 0 atom stereocenters. The van der Waals surface area contributed by atoms with E-state index in [-0.39, 0.29) is 0 Å². The van der Waals surface area contributed by atoms with E-state index in [1.165, 1.54) is 40.8 Å². The SMILES string of the molecule is S=c1[nH]nc(C2CCCCC2)n1N=Cc1c2ccccc2cc2ccccc12. The molecule has 0 unspecified atom stereocenters. The summed E-state index contributed by atoms with van der Waals surface area (Å²) in [6.07, 6.45) is 8.08. The van der Waals surface area contributed by atoms with Gasteiger partial charge in [-0.15, -0.1) is 0 Å². The Morgan fingerprint density at radius 2 is 1.61 bits per heavy atom. The summed E-state index contributed by atoms with van der Waals surface area (Å²) >= 11 is 5.48. The molecule has 140 valence electrons. The van der Waals surface area contributed by atoms with Crippen LogP contribution in [-0.2, 0) is 0 Å². The fourth-order valence-electron chi connectivity index (χ4n) is 4.34. The average molecular weight is 387 g/mol. The smallest absolute Gasteiger partial charge is 0.216 e. The Morgan fingerprint density at radius 1 is 0.964 bits per heavy atom. The molecule has 0 saturated heterocycles. The van der Waals surface area contributed by atoms with Gasteiger partial charge in [0.15, 0.2) is 5.82 Å². The number of H-pyrrole nitrogens is 1. The van der Waals surface area contributed by atoms with Crippen molar-refractivity contribution in [3.05, 3.63) is 70.8 Å². The molecule has 1 fully saturated rings. The second-order valence-corrected chi connectivity index (χ2v) is 7.90. The van der Waals surface area contributed by atoms with Crippen LogP contribution >= 0.6 is 12.2 Å². The minimum Gasteiger partial charge on any atom is -0.250 e. The molecule has 0 amide bonds. The van der Waals surface area contributed by atoms with E-state index >= 15 is 0 Å². The summed E-state index contributed by atoms with van der Waals surface area (Å²) in [5, 5.41) is 17.1. The molecule has 0 spiro atoms. The average Bonchev–Trinajstić information content (AvgIpc) is 3.12. The van der Waals surface area contributed by atoms with Crippen molar-refractivity contribution in [1.82, 2.24) is 14.9 Å². The van der Waals surface area contributed by atoms with E-state index < -0.39 is 0 Å². The highest BCUT2D eigenvalue weighted by molar-refractivity contribution is 7.71. The lowest BCUT2D eigenvalue weighted by atomic mass is 9.89. The highest BCUT2D eigenvalue weighted by Crippen LogP contribution is 2.32. The van der Waals surface area contributed by atoms with E-state index in [0.29, 0.717) is 10.7 Å². The maximum Gasteiger partial charge on any atom is 0.216 e. The van der Waals surface area contributed by atoms with E-state index in [1.807, 2.05) is 10.9 Å². The first-order valence-electron chi connectivity index (χ1n) is 9.93. The van der Waals surface area contributed by atoms with Crippen LogP contribution in [0.1, 0.15) is 49.4 Å². The van der Waals surface area contributed by atoms with Crippen molar-refractivity contribution < 1.29 is 0 Å². The van der Waals surface area contributed by atoms with Crippen LogP contribution in [0.25, 0.3) is 21.5 Å². The molecule has 0 radical (unpaired) electrons. The molecule has 4 aromatic rings. The van der Waals surface area contributed by atoms with Crippen molar-refractivity contribution in [1.29, 1.82) is 0 Å². The zero-order valence-corrected chi connectivity index (χ0v) is 16.5. The number of aromatic nitrogens is 3. The van der Waals surface area contributed by atoms with Crippen LogP contribution in [0, 0.1) is 4.77 Å². The Hall–Kier alpha value is -2.79. The zero-order chi connectivity index (χ0) is 18.9. The van der Waals surface area contributed by atoms with Crippen molar-refractivity contribution in [2.24, 2.45) is 5.10 Å². The highest BCUT2D eigenvalue weighted by atomic mass is 32.1. The Morgan fingerprint density at radius 3 is 2.29 bits per heavy atom. The van der Waals surface area contributed by atoms with Crippen LogP contribution in [0.4, 0.5) is 0 Å². The third kappa shape index (κ3) is 3.06. The number of rotatable bonds is 3. The normalized spacial score (nSPS) is 15.7. The number of aromatic amines is 1. The van der Waals surface area contributed by atoms with Gasteiger partial charge in [0.05, 0.1) is 6.21 Å². The molecular weight excluding hydrogens is 364 g/mol. The van der Waals surface area contributed by atoms with E-state index in [1.54, 1.807) is 0 Å². The minimum absolute atomic E-state index is 0.433. The molecule has 1 saturated carbocycles. The lowest BCUT2D eigenvalue weighted by molar-refractivity contribution is 0.419. The third-order valence-corrected chi connectivity index (χ3v) is 6.03. The van der Waals surface area contributed by atoms with Gasteiger partial charge in [-0.2, -0.15) is 14.9 Å². The molecule has 1 heterocycles. The van der Waals surface area contributed by atoms with Crippen molar-refractivity contribution in [3.8, 4) is 0 Å². The number of hydrogen-bond donors (Lipinski definition) is 1. The number of nitrogens with one attached hydrogen (secondary N) is 1. The largest absolute Gasteiger partial charge is 0.250 e. The van der Waals surface area contributed by atoms with Gasteiger partial charge in [0.25, 0.3) is 0 Å². The molecule has 1 aliphatic carbocycles. The lowest BCUT2D eigenvalue weighted by Crippen LogP contribution is -2.10. The number of nitrogens with zero attached hydrogens (tertiary/aromatic N) is 3. The van der Waals surface area contributed by atoms with Crippen molar-refractivity contribution in [3.63, 3.8) is 0 Å². The Kier molecular flexibility index (Phi) is 4.53. The molecule has 28 heavy (non-hydrogen) atoms. The first-order valence-corrected chi connectivity index (χ1v) is 10.3. The minimum atomic E-state index is 0.433. The molecular formula is C23H22N4S. The molecule has 0 aliphatic heterocycles. The molecule has 0 bridgehead atoms. The number of hydrogen-bond acceptors (Lipinski definition) is 3. The van der Waals surface area contributed by atoms with Crippen molar-refractivity contribution in [2.45, 2.75) is 38.0 Å². The highest BCUT2D eigenvalue weighted by Gasteiger charge is 2.21. The Labute approximate surface area is 168 Å². The van der Waals surface area contributed by atoms with Crippen molar-refractivity contribution in [2.75, 3.05) is 0 Å². The van der Waals surface area contributed by atoms with Crippen LogP contribution < -0.4 is 0 Å². The summed E-state index contributed by atoms with van der Waals surface area (Å²) < 4.78 is 2.38. The molecule has 1 N–H and O–H groups in total. The molecule has 3 aromatic carbocycles. The van der Waals surface area contributed by atoms with E-state index in [9.17, 15) is 0 Å². The Bertz CT molecular complexity index is 1170. The van der Waals surface area contributed by atoms with E-state index in [0.717, 1.165) is 24.2 Å². The summed E-state index contributed by atoms with van der Waals surface area (Å²) in [5.74, 6) is 1.40. The summed E-state index contributed by atoms with van der Waals surface area (Å²) in [5.41, 5.74) is 1.12. The second kappa shape index (κ2) is 7.32. The van der Waals surface area contributed by atoms with Gasteiger partial charge in [-0.1, -0.05) is 67.8 Å². The van der Waals surface area contributed by atoms with Crippen LogP contribution in [0.3, 0.4) is 0 Å². The summed E-state index contributed by atoms with van der Waals surface area (Å²) in [4.78, 5) is 0. The molecule has 5 heteroatoms. The van der Waals surface area contributed by atoms with E-state index in [2.05, 4.69) is 64.8 Å². The van der Waals surface area contributed by atoms with Crippen LogP contribution in [0.2, 0.25) is 0 Å². The van der Waals surface area contributed by atoms with Gasteiger partial charge in [-0.05, 0) is 52.7 Å². The van der Waals surface area contributed by atoms with Crippen LogP contribution in [0.5, 0.6) is 0 Å². The first kappa shape index (κ1) is 17.3. The molecule has 4 nitrogen and oxygen atoms in total. The molecule has 5 rings (SSSR count). The van der Waals surface area contributed by atoms with Crippen LogP contribution in [0.15, 0.2) is 59.7 Å². The van der Waals surface area contributed by atoms with Gasteiger partial charge in [0.1, 0.15) is 0 Å². The summed E-state index contributed by atoms with van der Waals surface area (Å²) in [6, 6.07) is 19.1. The second-order valence-electron chi connectivity index (χ2n) is 7.51. The number of benzene rings is 3. The first-order chi connectivity index (χ1) is 13.8. The summed E-state index contributed by atoms with van der Waals surface area (Å²) in [7, 11) is 0. The molecule has 1 aromatic heterocycles. The zero-order valence-electron chi connectivity index (χ0n) is 15.6. The predicted molar refractivity (Wildman–Crippen MR) is 118 cm³/mol. The standard InChI is InChI=1S/C23H22N4S/c28-23-26-25-22(16-8-2-1-3-9-16)27(23)24-15-21-19-12-6-4-10-17(19)14-18-11-5-7-13-20(18)21/h4-7,10-16H,1-3,8-9H2,(H,26,28). The van der Waals surface area contributed by atoms with Crippen molar-refractivity contribution >= 4 is 40.0 Å². The fraction of sp³-hybridized carbons (Fsp3) is 0.261. The monoisotopic (exact) mass is 386 g/mol. The summed E-state index contributed by atoms with van der Waals surface area (Å²) in [6.45, 7) is 0. The van der Waals surface area contributed by atoms with Gasteiger partial charge < -0.3 is 0 Å². The fourth-order valence-corrected chi connectivity index (χ4v) is 4.53. The number of fused-ring (bicyclic) bond motifs is 2. The maximum absolute atomic E-state index is 5.48.